The molecule has 1 aromatic heterocycles. The second-order valence-corrected chi connectivity index (χ2v) is 7.19. The number of benzene rings is 2. The molecule has 2 aromatic carbocycles. The number of ether oxygens (including phenoxy) is 2. The van der Waals surface area contributed by atoms with Gasteiger partial charge >= 0.3 is 11.9 Å². The lowest BCUT2D eigenvalue weighted by molar-refractivity contribution is -0.945. The van der Waals surface area contributed by atoms with Gasteiger partial charge in [-0.15, -0.1) is 0 Å². The summed E-state index contributed by atoms with van der Waals surface area (Å²) in [4.78, 5) is 26.1. The molecule has 6 nitrogen and oxygen atoms in total. The Bertz CT molecular complexity index is 1050. The minimum atomic E-state index is -0.481. The van der Waals surface area contributed by atoms with Crippen LogP contribution in [0.15, 0.2) is 52.9 Å². The van der Waals surface area contributed by atoms with Crippen LogP contribution in [0.1, 0.15) is 34.2 Å². The summed E-state index contributed by atoms with van der Waals surface area (Å²) in [6.07, 6.45) is 0.600. The lowest BCUT2D eigenvalue weighted by Gasteiger charge is -2.32. The number of fused-ring (bicyclic) bond motifs is 2. The van der Waals surface area contributed by atoms with Crippen molar-refractivity contribution in [3.05, 3.63) is 71.0 Å². The number of rotatable bonds is 5. The van der Waals surface area contributed by atoms with Gasteiger partial charge in [0.25, 0.3) is 0 Å². The summed E-state index contributed by atoms with van der Waals surface area (Å²) in [5.41, 5.74) is 3.77. The molecule has 1 aliphatic heterocycles. The maximum absolute atomic E-state index is 12.5. The van der Waals surface area contributed by atoms with E-state index in [2.05, 4.69) is 12.1 Å². The zero-order valence-corrected chi connectivity index (χ0v) is 16.6. The summed E-state index contributed by atoms with van der Waals surface area (Å²) in [6, 6.07) is 15.3. The Morgan fingerprint density at radius 1 is 1.10 bits per heavy atom. The molecule has 0 spiro atoms. The minimum absolute atomic E-state index is 0.211. The van der Waals surface area contributed by atoms with Gasteiger partial charge in [0, 0.05) is 17.4 Å². The van der Waals surface area contributed by atoms with Crippen LogP contribution in [0.2, 0.25) is 0 Å². The van der Waals surface area contributed by atoms with Gasteiger partial charge in [0.15, 0.2) is 6.04 Å². The number of methoxy groups -OCH3 is 1. The molecule has 29 heavy (non-hydrogen) atoms. The molecule has 0 amide bonds. The lowest BCUT2D eigenvalue weighted by atomic mass is 9.93. The highest BCUT2D eigenvalue weighted by atomic mass is 16.5. The molecular formula is C23H24NO5+. The average Bonchev–Trinajstić information content (AvgIpc) is 3.11. The number of furan rings is 1. The maximum Gasteiger partial charge on any atom is 0.374 e. The van der Waals surface area contributed by atoms with Crippen LogP contribution in [0.5, 0.6) is 0 Å². The Balaban J connectivity index is 1.75. The average molecular weight is 394 g/mol. The molecule has 1 N–H and O–H groups in total. The topological polar surface area (TPSA) is 70.2 Å². The van der Waals surface area contributed by atoms with E-state index < -0.39 is 5.97 Å². The Morgan fingerprint density at radius 3 is 2.59 bits per heavy atom. The molecule has 0 aliphatic carbocycles. The van der Waals surface area contributed by atoms with Crippen LogP contribution >= 0.6 is 0 Å². The molecule has 4 rings (SSSR count). The van der Waals surface area contributed by atoms with Crippen molar-refractivity contribution in [2.75, 3.05) is 13.7 Å². The van der Waals surface area contributed by atoms with E-state index in [1.807, 2.05) is 36.4 Å². The van der Waals surface area contributed by atoms with Gasteiger partial charge in [0.2, 0.25) is 5.76 Å². The standard InChI is InChI=1S/C23H23NO5/c1-3-28-23(26)21-18(17-10-6-7-11-20(17)29-21)14-24-13-16-9-5-4-8-15(16)12-19(24)22(25)27-2/h4-11,19H,3,12-14H2,1-2H3/p+1/t19-/m0/s1. The molecule has 2 atom stereocenters. The van der Waals surface area contributed by atoms with Crippen molar-refractivity contribution >= 4 is 22.9 Å². The highest BCUT2D eigenvalue weighted by Gasteiger charge is 2.37. The molecule has 0 saturated heterocycles. The number of nitrogens with one attached hydrogen (secondary N) is 1. The molecular weight excluding hydrogens is 370 g/mol. The summed E-state index contributed by atoms with van der Waals surface area (Å²) >= 11 is 0. The minimum Gasteiger partial charge on any atom is -0.465 e. The number of carbonyl (C=O) groups excluding carboxylic acids is 2. The number of para-hydroxylation sites is 1. The first-order valence-electron chi connectivity index (χ1n) is 9.79. The third kappa shape index (κ3) is 3.63. The Hall–Kier alpha value is -3.12. The van der Waals surface area contributed by atoms with Crippen LogP contribution < -0.4 is 4.90 Å². The molecule has 3 aromatic rings. The first kappa shape index (κ1) is 19.2. The van der Waals surface area contributed by atoms with E-state index in [4.69, 9.17) is 13.9 Å². The van der Waals surface area contributed by atoms with Crippen LogP contribution in [0.25, 0.3) is 11.0 Å². The zero-order valence-electron chi connectivity index (χ0n) is 16.6. The first-order valence-corrected chi connectivity index (χ1v) is 9.79. The molecule has 0 bridgehead atoms. The van der Waals surface area contributed by atoms with Crippen molar-refractivity contribution in [2.45, 2.75) is 32.5 Å². The number of hydrogen-bond acceptors (Lipinski definition) is 5. The summed E-state index contributed by atoms with van der Waals surface area (Å²) in [7, 11) is 1.41. The van der Waals surface area contributed by atoms with Crippen molar-refractivity contribution in [3.63, 3.8) is 0 Å². The summed E-state index contributed by atoms with van der Waals surface area (Å²) in [5.74, 6) is -0.520. The van der Waals surface area contributed by atoms with Gasteiger partial charge in [-0.25, -0.2) is 9.59 Å². The first-order chi connectivity index (χ1) is 14.1. The monoisotopic (exact) mass is 394 g/mol. The van der Waals surface area contributed by atoms with Gasteiger partial charge in [-0.3, -0.25) is 0 Å². The molecule has 1 unspecified atom stereocenters. The summed E-state index contributed by atoms with van der Waals surface area (Å²) in [5, 5.41) is 0.866. The van der Waals surface area contributed by atoms with Crippen molar-refractivity contribution in [2.24, 2.45) is 0 Å². The second kappa shape index (κ2) is 8.09. The van der Waals surface area contributed by atoms with E-state index in [0.717, 1.165) is 21.4 Å². The van der Waals surface area contributed by atoms with Crippen molar-refractivity contribution in [3.8, 4) is 0 Å². The number of esters is 2. The van der Waals surface area contributed by atoms with Gasteiger partial charge in [0.05, 0.1) is 19.3 Å². The highest BCUT2D eigenvalue weighted by Crippen LogP contribution is 2.26. The smallest absolute Gasteiger partial charge is 0.374 e. The van der Waals surface area contributed by atoms with Gasteiger partial charge in [-0.1, -0.05) is 42.5 Å². The molecule has 1 aliphatic rings. The van der Waals surface area contributed by atoms with Crippen molar-refractivity contribution < 1.29 is 28.4 Å². The van der Waals surface area contributed by atoms with E-state index in [0.29, 0.717) is 25.1 Å². The number of hydrogen-bond donors (Lipinski definition) is 1. The van der Waals surface area contributed by atoms with Crippen LogP contribution in [0, 0.1) is 0 Å². The van der Waals surface area contributed by atoms with Crippen LogP contribution in [0.4, 0.5) is 0 Å². The quantitative estimate of drug-likeness (QED) is 0.673. The fourth-order valence-corrected chi connectivity index (χ4v) is 4.10. The van der Waals surface area contributed by atoms with Gasteiger partial charge in [-0.2, -0.15) is 0 Å². The van der Waals surface area contributed by atoms with Crippen LogP contribution in [-0.4, -0.2) is 31.7 Å². The Kier molecular flexibility index (Phi) is 5.36. The van der Waals surface area contributed by atoms with Crippen LogP contribution in [-0.2, 0) is 33.8 Å². The van der Waals surface area contributed by atoms with Crippen LogP contribution in [0.3, 0.4) is 0 Å². The third-order valence-electron chi connectivity index (χ3n) is 5.50. The molecule has 0 saturated carbocycles. The maximum atomic E-state index is 12.5. The van der Waals surface area contributed by atoms with Gasteiger partial charge < -0.3 is 18.8 Å². The molecule has 0 fully saturated rings. The normalized spacial score (nSPS) is 18.3. The van der Waals surface area contributed by atoms with Crippen molar-refractivity contribution in [1.82, 2.24) is 0 Å². The van der Waals surface area contributed by atoms with Gasteiger partial charge in [0.1, 0.15) is 18.7 Å². The largest absolute Gasteiger partial charge is 0.465 e. The van der Waals surface area contributed by atoms with E-state index >= 15 is 0 Å². The SMILES string of the molecule is CCOC(=O)c1oc2ccccc2c1C[NH+]1Cc2ccccc2C[C@H]1C(=O)OC. The third-order valence-corrected chi connectivity index (χ3v) is 5.50. The fraction of sp³-hybridized carbons (Fsp3) is 0.304. The van der Waals surface area contributed by atoms with Gasteiger partial charge in [-0.05, 0) is 18.6 Å². The molecule has 0 radical (unpaired) electrons. The lowest BCUT2D eigenvalue weighted by Crippen LogP contribution is -3.15. The predicted molar refractivity (Wildman–Crippen MR) is 106 cm³/mol. The predicted octanol–water partition coefficient (Wildman–Crippen LogP) is 2.29. The van der Waals surface area contributed by atoms with Crippen molar-refractivity contribution in [1.29, 1.82) is 0 Å². The Labute approximate surface area is 169 Å². The zero-order chi connectivity index (χ0) is 20.4. The second-order valence-electron chi connectivity index (χ2n) is 7.19. The Morgan fingerprint density at radius 2 is 1.83 bits per heavy atom. The van der Waals surface area contributed by atoms with E-state index in [1.54, 1.807) is 6.92 Å². The fourth-order valence-electron chi connectivity index (χ4n) is 4.10. The summed E-state index contributed by atoms with van der Waals surface area (Å²) < 4.78 is 16.1. The molecule has 6 heteroatoms. The number of carbonyl (C=O) groups is 2. The highest BCUT2D eigenvalue weighted by molar-refractivity contribution is 5.96. The van der Waals surface area contributed by atoms with E-state index in [1.165, 1.54) is 12.7 Å². The molecule has 150 valence electrons. The molecule has 2 heterocycles. The summed E-state index contributed by atoms with van der Waals surface area (Å²) in [6.45, 7) is 3.15. The van der Waals surface area contributed by atoms with E-state index in [9.17, 15) is 9.59 Å². The number of quaternary nitrogens is 1. The van der Waals surface area contributed by atoms with E-state index in [-0.39, 0.29) is 24.4 Å².